The fourth-order valence-corrected chi connectivity index (χ4v) is 0.800. The normalized spacial score (nSPS) is 8.47. The molecule has 17 heavy (non-hydrogen) atoms. The summed E-state index contributed by atoms with van der Waals surface area (Å²) in [6.07, 6.45) is 2.65. The van der Waals surface area contributed by atoms with Crippen LogP contribution >= 0.6 is 0 Å². The number of carbonyl (C=O) groups is 2. The van der Waals surface area contributed by atoms with E-state index in [4.69, 9.17) is 10.2 Å². The van der Waals surface area contributed by atoms with Crippen LogP contribution in [0.1, 0.15) is 21.1 Å². The Kier molecular flexibility index (Phi) is 6.45. The largest absolute Gasteiger partial charge is 0.475 e. The third-order valence-electron chi connectivity index (χ3n) is 1.46. The summed E-state index contributed by atoms with van der Waals surface area (Å²) >= 11 is 0. The summed E-state index contributed by atoms with van der Waals surface area (Å²) in [4.78, 5) is 19.9. The maximum absolute atomic E-state index is 9.97. The molecule has 2 rings (SSSR count). The van der Waals surface area contributed by atoms with Crippen LogP contribution in [-0.2, 0) is 16.8 Å². The fraction of sp³-hybridized carbons (Fsp3) is 0. The van der Waals surface area contributed by atoms with E-state index < -0.39 is 11.9 Å². The summed E-state index contributed by atoms with van der Waals surface area (Å²) in [6, 6.07) is 5.84. The minimum Gasteiger partial charge on any atom is -0.475 e. The van der Waals surface area contributed by atoms with E-state index >= 15 is 0 Å². The molecule has 2 N–H and O–H groups in total. The van der Waals surface area contributed by atoms with Crippen molar-refractivity contribution in [3.8, 4) is 0 Å². The van der Waals surface area contributed by atoms with Gasteiger partial charge in [0.2, 0.25) is 11.5 Å². The molecule has 0 spiro atoms. The predicted octanol–water partition coefficient (Wildman–Crippen LogP) is 1.95. The van der Waals surface area contributed by atoms with E-state index in [9.17, 15) is 9.59 Å². The molecule has 2 heterocycles. The summed E-state index contributed by atoms with van der Waals surface area (Å²) in [5.41, 5.74) is 0. The van der Waals surface area contributed by atoms with Gasteiger partial charge in [-0.1, -0.05) is 0 Å². The SMILES string of the molecule is O=C(O)c1ccco1.O=C(O)c1ccco1.[Co]. The molecule has 0 aromatic carbocycles. The third kappa shape index (κ3) is 5.04. The first-order valence-corrected chi connectivity index (χ1v) is 4.15. The van der Waals surface area contributed by atoms with Crippen LogP contribution in [0.4, 0.5) is 0 Å². The quantitative estimate of drug-likeness (QED) is 0.873. The van der Waals surface area contributed by atoms with Crippen molar-refractivity contribution in [2.24, 2.45) is 0 Å². The summed E-state index contributed by atoms with van der Waals surface area (Å²) in [7, 11) is 0. The molecule has 0 fully saturated rings. The monoisotopic (exact) mass is 283 g/mol. The zero-order valence-electron chi connectivity index (χ0n) is 8.32. The van der Waals surface area contributed by atoms with Gasteiger partial charge in [0, 0.05) is 16.8 Å². The number of carboxylic acid groups (broad SMARTS) is 2. The van der Waals surface area contributed by atoms with Crippen LogP contribution in [-0.4, -0.2) is 22.2 Å². The van der Waals surface area contributed by atoms with Crippen LogP contribution < -0.4 is 0 Å². The average molecular weight is 283 g/mol. The first kappa shape index (κ1) is 15.0. The molecule has 7 heteroatoms. The molecule has 0 unspecified atom stereocenters. The van der Waals surface area contributed by atoms with E-state index in [1.807, 2.05) is 0 Å². The minimum atomic E-state index is -1.03. The molecule has 2 aromatic rings. The number of aromatic carboxylic acids is 2. The van der Waals surface area contributed by atoms with Crippen LogP contribution in [0.5, 0.6) is 0 Å². The topological polar surface area (TPSA) is 101 Å². The van der Waals surface area contributed by atoms with Gasteiger partial charge >= 0.3 is 11.9 Å². The zero-order valence-corrected chi connectivity index (χ0v) is 9.37. The van der Waals surface area contributed by atoms with Gasteiger partial charge in [0.15, 0.2) is 0 Å². The van der Waals surface area contributed by atoms with Crippen LogP contribution in [0, 0.1) is 0 Å². The number of hydrogen-bond acceptors (Lipinski definition) is 4. The van der Waals surface area contributed by atoms with Gasteiger partial charge in [-0.2, -0.15) is 0 Å². The van der Waals surface area contributed by atoms with Crippen molar-refractivity contribution in [2.45, 2.75) is 0 Å². The van der Waals surface area contributed by atoms with Crippen molar-refractivity contribution in [1.82, 2.24) is 0 Å². The van der Waals surface area contributed by atoms with Gasteiger partial charge in [-0.3, -0.25) is 0 Å². The third-order valence-corrected chi connectivity index (χ3v) is 1.46. The Morgan fingerprint density at radius 2 is 1.24 bits per heavy atom. The smallest absolute Gasteiger partial charge is 0.371 e. The first-order valence-electron chi connectivity index (χ1n) is 4.15. The standard InChI is InChI=1S/2C5H4O3.Co/c2*6-5(7)4-2-1-3-8-4;/h2*1-3H,(H,6,7);. The van der Waals surface area contributed by atoms with Crippen LogP contribution in [0.3, 0.4) is 0 Å². The first-order chi connectivity index (χ1) is 7.61. The van der Waals surface area contributed by atoms with Crippen molar-refractivity contribution < 1.29 is 45.4 Å². The van der Waals surface area contributed by atoms with Crippen molar-refractivity contribution in [3.63, 3.8) is 0 Å². The number of furan rings is 2. The second-order valence-electron chi connectivity index (χ2n) is 2.56. The maximum Gasteiger partial charge on any atom is 0.371 e. The van der Waals surface area contributed by atoms with Crippen molar-refractivity contribution >= 4 is 11.9 Å². The molecule has 93 valence electrons. The number of hydrogen-bond donors (Lipinski definition) is 2. The van der Waals surface area contributed by atoms with Gasteiger partial charge in [0.1, 0.15) is 0 Å². The molecule has 0 aliphatic rings. The van der Waals surface area contributed by atoms with E-state index in [1.54, 1.807) is 0 Å². The molecule has 1 radical (unpaired) electrons. The van der Waals surface area contributed by atoms with Crippen molar-refractivity contribution in [1.29, 1.82) is 0 Å². The summed E-state index contributed by atoms with van der Waals surface area (Å²) in [5, 5.41) is 16.4. The van der Waals surface area contributed by atoms with Gasteiger partial charge in [-0.15, -0.1) is 0 Å². The Morgan fingerprint density at radius 3 is 1.35 bits per heavy atom. The molecule has 0 saturated heterocycles. The molecular formula is C10H8CoO6. The van der Waals surface area contributed by atoms with E-state index in [0.29, 0.717) is 0 Å². The van der Waals surface area contributed by atoms with Crippen LogP contribution in [0.15, 0.2) is 45.6 Å². The molecule has 0 atom stereocenters. The molecule has 0 aliphatic carbocycles. The van der Waals surface area contributed by atoms with Gasteiger partial charge in [0.05, 0.1) is 12.5 Å². The molecule has 0 amide bonds. The Hall–Kier alpha value is -1.99. The zero-order chi connectivity index (χ0) is 12.0. The Bertz CT molecular complexity index is 401. The van der Waals surface area contributed by atoms with Crippen molar-refractivity contribution in [2.75, 3.05) is 0 Å². The molecule has 0 aliphatic heterocycles. The number of rotatable bonds is 2. The van der Waals surface area contributed by atoms with Gasteiger partial charge in [-0.05, 0) is 24.3 Å². The second-order valence-corrected chi connectivity index (χ2v) is 2.56. The van der Waals surface area contributed by atoms with E-state index in [-0.39, 0.29) is 28.3 Å². The Morgan fingerprint density at radius 1 is 0.882 bits per heavy atom. The van der Waals surface area contributed by atoms with Gasteiger partial charge < -0.3 is 19.0 Å². The molecule has 0 saturated carbocycles. The van der Waals surface area contributed by atoms with Gasteiger partial charge in [-0.25, -0.2) is 9.59 Å². The van der Waals surface area contributed by atoms with Crippen molar-refractivity contribution in [3.05, 3.63) is 48.3 Å². The summed E-state index contributed by atoms with van der Waals surface area (Å²) in [6.45, 7) is 0. The average Bonchev–Trinajstić information content (AvgIpc) is 2.93. The van der Waals surface area contributed by atoms with Crippen LogP contribution in [0.2, 0.25) is 0 Å². The fourth-order valence-electron chi connectivity index (χ4n) is 0.800. The molecule has 0 bridgehead atoms. The molecule has 2 aromatic heterocycles. The Balaban J connectivity index is 0.000000284. The maximum atomic E-state index is 9.97. The summed E-state index contributed by atoms with van der Waals surface area (Å²) < 4.78 is 8.99. The molecule has 6 nitrogen and oxygen atoms in total. The van der Waals surface area contributed by atoms with E-state index in [2.05, 4.69) is 8.83 Å². The van der Waals surface area contributed by atoms with Gasteiger partial charge in [0.25, 0.3) is 0 Å². The van der Waals surface area contributed by atoms with Crippen LogP contribution in [0.25, 0.3) is 0 Å². The van der Waals surface area contributed by atoms with E-state index in [0.717, 1.165) is 0 Å². The Labute approximate surface area is 106 Å². The predicted molar refractivity (Wildman–Crippen MR) is 51.3 cm³/mol. The second kappa shape index (κ2) is 7.31. The summed E-state index contributed by atoms with van der Waals surface area (Å²) in [5.74, 6) is -2.11. The number of carboxylic acids is 2. The van der Waals surface area contributed by atoms with E-state index in [1.165, 1.54) is 36.8 Å². The minimum absolute atomic E-state index is 0. The molecular weight excluding hydrogens is 275 g/mol.